The zero-order valence-corrected chi connectivity index (χ0v) is 23.8. The average Bonchev–Trinajstić information content (AvgIpc) is 3.05. The molecule has 1 N–H and O–H groups in total. The summed E-state index contributed by atoms with van der Waals surface area (Å²) in [6.07, 6.45) is 7.71. The largest absolute Gasteiger partial charge is 0.477 e. The van der Waals surface area contributed by atoms with Crippen molar-refractivity contribution >= 4 is 40.8 Å². The summed E-state index contributed by atoms with van der Waals surface area (Å²) in [7, 11) is 0. The van der Waals surface area contributed by atoms with Crippen molar-refractivity contribution in [3.05, 3.63) is 179 Å². The molecule has 5 aromatic rings. The molecule has 0 unspecified atom stereocenters. The highest BCUT2D eigenvalue weighted by Gasteiger charge is 2.13. The maximum Gasteiger partial charge on any atom is 0.346 e. The molecule has 0 aliphatic rings. The molecule has 0 aromatic heterocycles. The van der Waals surface area contributed by atoms with E-state index in [-0.39, 0.29) is 5.57 Å². The van der Waals surface area contributed by atoms with E-state index in [0.717, 1.165) is 39.3 Å². The van der Waals surface area contributed by atoms with E-state index in [1.54, 1.807) is 6.07 Å². The molecule has 0 saturated heterocycles. The second-order valence-corrected chi connectivity index (χ2v) is 10.0. The van der Waals surface area contributed by atoms with Crippen LogP contribution in [0.1, 0.15) is 27.8 Å². The van der Waals surface area contributed by atoms with Gasteiger partial charge in [0.1, 0.15) is 11.6 Å². The molecule has 4 nitrogen and oxygen atoms in total. The molecule has 5 rings (SSSR count). The lowest BCUT2D eigenvalue weighted by Gasteiger charge is -2.26. The van der Waals surface area contributed by atoms with Crippen LogP contribution in [-0.2, 0) is 4.79 Å². The van der Waals surface area contributed by atoms with Gasteiger partial charge in [-0.2, -0.15) is 5.26 Å². The number of anilines is 3. The van der Waals surface area contributed by atoms with Crippen LogP contribution in [-0.4, -0.2) is 11.1 Å². The number of benzene rings is 5. The van der Waals surface area contributed by atoms with Gasteiger partial charge in [-0.15, -0.1) is 0 Å². The van der Waals surface area contributed by atoms with Gasteiger partial charge in [-0.05, 0) is 77.2 Å². The molecule has 0 bridgehead atoms. The van der Waals surface area contributed by atoms with Crippen molar-refractivity contribution in [2.24, 2.45) is 0 Å². The first-order chi connectivity index (χ1) is 21.0. The Hall–Kier alpha value is -5.92. The lowest BCUT2D eigenvalue weighted by molar-refractivity contribution is -0.132. The van der Waals surface area contributed by atoms with Crippen LogP contribution in [0.2, 0.25) is 0 Å². The van der Waals surface area contributed by atoms with Crippen molar-refractivity contribution in [1.29, 1.82) is 5.26 Å². The van der Waals surface area contributed by atoms with Crippen LogP contribution in [0.25, 0.3) is 17.7 Å². The molecule has 0 heterocycles. The van der Waals surface area contributed by atoms with Gasteiger partial charge in [-0.3, -0.25) is 0 Å². The lowest BCUT2D eigenvalue weighted by atomic mass is 9.97. The quantitative estimate of drug-likeness (QED) is 0.111. The number of carboxylic acid groups (broad SMARTS) is 1. The van der Waals surface area contributed by atoms with Gasteiger partial charge >= 0.3 is 5.97 Å². The molecule has 0 atom stereocenters. The molecule has 0 aliphatic heterocycles. The van der Waals surface area contributed by atoms with E-state index in [0.29, 0.717) is 5.56 Å². The fraction of sp³-hybridized carbons (Fsp3) is 0.0256. The Morgan fingerprint density at radius 2 is 1.14 bits per heavy atom. The minimum atomic E-state index is -1.24. The van der Waals surface area contributed by atoms with Gasteiger partial charge in [-0.25, -0.2) is 4.79 Å². The zero-order chi connectivity index (χ0) is 30.0. The van der Waals surface area contributed by atoms with Gasteiger partial charge in [0.15, 0.2) is 0 Å². The van der Waals surface area contributed by atoms with Crippen molar-refractivity contribution in [1.82, 2.24) is 0 Å². The summed E-state index contributed by atoms with van der Waals surface area (Å²) in [5, 5.41) is 18.3. The molecule has 0 fully saturated rings. The Labute approximate surface area is 252 Å². The van der Waals surface area contributed by atoms with E-state index in [9.17, 15) is 9.90 Å². The number of rotatable bonds is 9. The van der Waals surface area contributed by atoms with Crippen LogP contribution >= 0.6 is 0 Å². The maximum absolute atomic E-state index is 11.3. The van der Waals surface area contributed by atoms with Crippen molar-refractivity contribution in [3.63, 3.8) is 0 Å². The molecule has 0 spiro atoms. The first-order valence-corrected chi connectivity index (χ1v) is 13.9. The van der Waals surface area contributed by atoms with Crippen LogP contribution in [0.15, 0.2) is 151 Å². The Balaban J connectivity index is 1.44. The Morgan fingerprint density at radius 1 is 0.674 bits per heavy atom. The Kier molecular flexibility index (Phi) is 9.06. The third kappa shape index (κ3) is 7.24. The number of aliphatic carboxylic acids is 1. The maximum atomic E-state index is 11.3. The molecule has 0 saturated carbocycles. The normalized spacial score (nSPS) is 11.1. The van der Waals surface area contributed by atoms with Gasteiger partial charge in [0.25, 0.3) is 0 Å². The monoisotopic (exact) mass is 558 g/mol. The van der Waals surface area contributed by atoms with Crippen LogP contribution in [0.5, 0.6) is 0 Å². The topological polar surface area (TPSA) is 64.3 Å². The van der Waals surface area contributed by atoms with E-state index < -0.39 is 5.97 Å². The summed E-state index contributed by atoms with van der Waals surface area (Å²) in [4.78, 5) is 13.4. The second kappa shape index (κ2) is 13.6. The summed E-state index contributed by atoms with van der Waals surface area (Å²) in [6, 6.07) is 46.6. The van der Waals surface area contributed by atoms with E-state index in [1.807, 2.05) is 36.4 Å². The number of nitrogens with zero attached hydrogens (tertiary/aromatic N) is 2. The van der Waals surface area contributed by atoms with Gasteiger partial charge in [-0.1, -0.05) is 121 Å². The molecular weight excluding hydrogens is 528 g/mol. The number of hydrogen-bond acceptors (Lipinski definition) is 3. The minimum Gasteiger partial charge on any atom is -0.477 e. The molecule has 5 aromatic carbocycles. The summed E-state index contributed by atoms with van der Waals surface area (Å²) in [5.74, 6) is -1.24. The first kappa shape index (κ1) is 28.6. The van der Waals surface area contributed by atoms with Crippen LogP contribution in [0, 0.1) is 18.3 Å². The summed E-state index contributed by atoms with van der Waals surface area (Å²) < 4.78 is 0. The fourth-order valence-electron chi connectivity index (χ4n) is 4.75. The smallest absolute Gasteiger partial charge is 0.346 e. The molecule has 0 amide bonds. The predicted molar refractivity (Wildman–Crippen MR) is 176 cm³/mol. The van der Waals surface area contributed by atoms with Crippen molar-refractivity contribution in [2.75, 3.05) is 4.90 Å². The van der Waals surface area contributed by atoms with Crippen molar-refractivity contribution < 1.29 is 9.90 Å². The summed E-state index contributed by atoms with van der Waals surface area (Å²) in [6.45, 7) is 2.06. The van der Waals surface area contributed by atoms with Gasteiger partial charge < -0.3 is 10.0 Å². The SMILES string of the molecule is Cc1ccc(N(c2ccc(C=CC=C(c3ccccc3)c3ccccc3)cc2)c2ccc(/C=C(/C#N)C(=O)O)cc2)cc1. The third-order valence-electron chi connectivity index (χ3n) is 6.98. The van der Waals surface area contributed by atoms with Crippen LogP contribution in [0.4, 0.5) is 17.1 Å². The summed E-state index contributed by atoms with van der Waals surface area (Å²) in [5.41, 5.74) is 8.96. The Bertz CT molecular complexity index is 1770. The van der Waals surface area contributed by atoms with Crippen LogP contribution < -0.4 is 4.90 Å². The minimum absolute atomic E-state index is 0.304. The highest BCUT2D eigenvalue weighted by Crippen LogP contribution is 2.35. The summed E-state index contributed by atoms with van der Waals surface area (Å²) >= 11 is 0. The van der Waals surface area contributed by atoms with Gasteiger partial charge in [0, 0.05) is 17.1 Å². The van der Waals surface area contributed by atoms with E-state index in [1.165, 1.54) is 11.6 Å². The van der Waals surface area contributed by atoms with Gasteiger partial charge in [0.2, 0.25) is 0 Å². The molecule has 208 valence electrons. The number of aryl methyl sites for hydroxylation is 1. The van der Waals surface area contributed by atoms with Crippen molar-refractivity contribution in [2.45, 2.75) is 6.92 Å². The molecule has 0 aliphatic carbocycles. The number of hydrogen-bond donors (Lipinski definition) is 1. The van der Waals surface area contributed by atoms with Gasteiger partial charge in [0.05, 0.1) is 0 Å². The molecular formula is C39H30N2O2. The lowest BCUT2D eigenvalue weighted by Crippen LogP contribution is -2.09. The first-order valence-electron chi connectivity index (χ1n) is 13.9. The third-order valence-corrected chi connectivity index (χ3v) is 6.98. The standard InChI is InChI=1S/C39H30N2O2/c1-29-15-21-35(22-16-29)41(37-25-19-31(20-26-37)27-34(28-40)39(42)43)36-23-17-30(18-24-36)9-8-14-38(32-10-4-2-5-11-32)33-12-6-3-7-13-33/h2-27H,1H3,(H,42,43)/b9-8?,34-27-. The predicted octanol–water partition coefficient (Wildman–Crippen LogP) is 9.60. The van der Waals surface area contributed by atoms with E-state index in [2.05, 4.69) is 127 Å². The number of carboxylic acids is 1. The van der Waals surface area contributed by atoms with Crippen molar-refractivity contribution in [3.8, 4) is 6.07 Å². The fourth-order valence-corrected chi connectivity index (χ4v) is 4.75. The highest BCUT2D eigenvalue weighted by atomic mass is 16.4. The average molecular weight is 559 g/mol. The number of allylic oxidation sites excluding steroid dienone is 2. The second-order valence-electron chi connectivity index (χ2n) is 10.0. The molecule has 0 radical (unpaired) electrons. The number of nitriles is 1. The Morgan fingerprint density at radius 3 is 1.60 bits per heavy atom. The van der Waals surface area contributed by atoms with E-state index in [4.69, 9.17) is 5.26 Å². The zero-order valence-electron chi connectivity index (χ0n) is 23.8. The highest BCUT2D eigenvalue weighted by molar-refractivity contribution is 5.96. The number of carbonyl (C=O) groups is 1. The van der Waals surface area contributed by atoms with E-state index >= 15 is 0 Å². The molecule has 4 heteroatoms. The molecule has 43 heavy (non-hydrogen) atoms. The van der Waals surface area contributed by atoms with Crippen LogP contribution in [0.3, 0.4) is 0 Å².